The number of rotatable bonds is 14. The molecule has 11 nitrogen and oxygen atoms in total. The second kappa shape index (κ2) is 17.4. The van der Waals surface area contributed by atoms with Crippen LogP contribution in [0.15, 0.2) is 128 Å². The molecule has 1 heterocycles. The predicted molar refractivity (Wildman–Crippen MR) is 200 cm³/mol. The molecule has 4 amide bonds. The van der Waals surface area contributed by atoms with Gasteiger partial charge < -0.3 is 29.9 Å². The van der Waals surface area contributed by atoms with Gasteiger partial charge in [-0.05, 0) is 65.7 Å². The Morgan fingerprint density at radius 3 is 1.29 bits per heavy atom. The number of carbonyl (C=O) groups is 4. The van der Waals surface area contributed by atoms with Crippen molar-refractivity contribution in [1.82, 2.24) is 15.6 Å². The Labute approximate surface area is 303 Å². The summed E-state index contributed by atoms with van der Waals surface area (Å²) in [6.07, 6.45) is 3.11. The van der Waals surface area contributed by atoms with Crippen LogP contribution in [0.4, 0.5) is 11.4 Å². The second-order valence-electron chi connectivity index (χ2n) is 12.1. The summed E-state index contributed by atoms with van der Waals surface area (Å²) in [6, 6.07) is 32.3. The van der Waals surface area contributed by atoms with E-state index >= 15 is 0 Å². The number of aromatic nitrogens is 1. The van der Waals surface area contributed by atoms with Crippen LogP contribution in [0.25, 0.3) is 0 Å². The Morgan fingerprint density at radius 1 is 0.577 bits per heavy atom. The number of benzene rings is 4. The molecule has 11 heteroatoms. The molecule has 5 aromatic rings. The van der Waals surface area contributed by atoms with Crippen molar-refractivity contribution in [2.24, 2.45) is 0 Å². The van der Waals surface area contributed by atoms with Crippen LogP contribution in [0.2, 0.25) is 0 Å². The third-order valence-corrected chi connectivity index (χ3v) is 8.62. The van der Waals surface area contributed by atoms with Gasteiger partial charge in [-0.15, -0.1) is 0 Å². The maximum atomic E-state index is 13.8. The van der Waals surface area contributed by atoms with Crippen molar-refractivity contribution in [1.29, 1.82) is 0 Å². The summed E-state index contributed by atoms with van der Waals surface area (Å²) in [5.41, 5.74) is 3.10. The molecule has 0 bridgehead atoms. The van der Waals surface area contributed by atoms with E-state index in [1.807, 2.05) is 60.7 Å². The fraction of sp³-hybridized carbons (Fsp3) is 0.195. The summed E-state index contributed by atoms with van der Waals surface area (Å²) in [6.45, 7) is 0. The highest BCUT2D eigenvalue weighted by Crippen LogP contribution is 2.21. The number of pyridine rings is 1. The number of hydrogen-bond donors (Lipinski definition) is 2. The van der Waals surface area contributed by atoms with Crippen LogP contribution in [-0.4, -0.2) is 69.0 Å². The van der Waals surface area contributed by atoms with E-state index in [0.717, 1.165) is 11.1 Å². The molecule has 0 aliphatic rings. The Hall–Kier alpha value is -6.49. The van der Waals surface area contributed by atoms with Crippen molar-refractivity contribution in [2.75, 3.05) is 38.1 Å². The number of nitrogens with one attached hydrogen (secondary N) is 2. The number of likely N-dealkylation sites (N-methyl/N-ethyl adjacent to an activating group) is 2. The van der Waals surface area contributed by atoms with E-state index < -0.39 is 23.9 Å². The van der Waals surface area contributed by atoms with Crippen LogP contribution in [-0.2, 0) is 22.4 Å². The lowest BCUT2D eigenvalue weighted by Gasteiger charge is -2.25. The zero-order chi connectivity index (χ0) is 37.0. The lowest BCUT2D eigenvalue weighted by Crippen LogP contribution is -2.49. The summed E-state index contributed by atoms with van der Waals surface area (Å²) in [7, 11) is 6.40. The van der Waals surface area contributed by atoms with Gasteiger partial charge in [-0.2, -0.15) is 0 Å². The van der Waals surface area contributed by atoms with Crippen molar-refractivity contribution in [2.45, 2.75) is 24.9 Å². The third kappa shape index (κ3) is 9.39. The van der Waals surface area contributed by atoms with Gasteiger partial charge in [0.15, 0.2) is 0 Å². The minimum absolute atomic E-state index is 0.0758. The van der Waals surface area contributed by atoms with Gasteiger partial charge in [0.25, 0.3) is 11.8 Å². The molecule has 2 atom stereocenters. The van der Waals surface area contributed by atoms with Crippen LogP contribution in [0, 0.1) is 0 Å². The lowest BCUT2D eigenvalue weighted by molar-refractivity contribution is -0.120. The van der Waals surface area contributed by atoms with Crippen molar-refractivity contribution in [3.05, 3.63) is 150 Å². The highest BCUT2D eigenvalue weighted by atomic mass is 16.5. The topological polar surface area (TPSA) is 130 Å². The van der Waals surface area contributed by atoms with Crippen LogP contribution < -0.4 is 29.9 Å². The minimum atomic E-state index is -0.944. The first-order chi connectivity index (χ1) is 25.2. The highest BCUT2D eigenvalue weighted by Gasteiger charge is 2.28. The molecule has 52 heavy (non-hydrogen) atoms. The number of methoxy groups -OCH3 is 2. The third-order valence-electron chi connectivity index (χ3n) is 8.62. The number of hydrogen-bond acceptors (Lipinski definition) is 7. The average molecular weight is 700 g/mol. The highest BCUT2D eigenvalue weighted by molar-refractivity contribution is 6.05. The molecule has 0 spiro atoms. The number of ether oxygens (including phenoxy) is 2. The Morgan fingerprint density at radius 2 is 0.942 bits per heavy atom. The van der Waals surface area contributed by atoms with E-state index in [9.17, 15) is 19.2 Å². The van der Waals surface area contributed by atoms with E-state index in [2.05, 4.69) is 15.6 Å². The van der Waals surface area contributed by atoms with Crippen LogP contribution in [0.5, 0.6) is 11.5 Å². The van der Waals surface area contributed by atoms with E-state index in [0.29, 0.717) is 22.9 Å². The first-order valence-electron chi connectivity index (χ1n) is 16.6. The van der Waals surface area contributed by atoms with E-state index in [1.54, 1.807) is 76.8 Å². The van der Waals surface area contributed by atoms with Gasteiger partial charge in [0, 0.05) is 50.7 Å². The molecule has 0 fully saturated rings. The molecule has 266 valence electrons. The second-order valence-corrected chi connectivity index (χ2v) is 12.1. The first-order valence-corrected chi connectivity index (χ1v) is 16.6. The van der Waals surface area contributed by atoms with E-state index in [4.69, 9.17) is 9.47 Å². The fourth-order valence-corrected chi connectivity index (χ4v) is 5.60. The molecule has 1 unspecified atom stereocenters. The summed E-state index contributed by atoms with van der Waals surface area (Å²) >= 11 is 0. The van der Waals surface area contributed by atoms with Gasteiger partial charge in [-0.25, -0.2) is 0 Å². The van der Waals surface area contributed by atoms with Gasteiger partial charge >= 0.3 is 0 Å². The van der Waals surface area contributed by atoms with E-state index in [-0.39, 0.29) is 35.8 Å². The SMILES string of the molecule is COc1ccc(N(C)C(=O)C(Cc2ccccc2)NC(=O)c2cncc(C(=O)N[C@@H](Cc3ccccc3)C(=O)N(C)c3ccc(OC)cc3)c2)cc1. The monoisotopic (exact) mass is 699 g/mol. The zero-order valence-electron chi connectivity index (χ0n) is 29.5. The van der Waals surface area contributed by atoms with Gasteiger partial charge in [0.1, 0.15) is 23.6 Å². The number of nitrogens with zero attached hydrogens (tertiary/aromatic N) is 3. The zero-order valence-corrected chi connectivity index (χ0v) is 29.5. The van der Waals surface area contributed by atoms with Gasteiger partial charge in [-0.3, -0.25) is 24.2 Å². The molecule has 1 aromatic heterocycles. The van der Waals surface area contributed by atoms with Crippen LogP contribution in [0.3, 0.4) is 0 Å². The summed E-state index contributed by atoms with van der Waals surface area (Å²) in [5, 5.41) is 5.72. The van der Waals surface area contributed by atoms with Crippen LogP contribution in [0.1, 0.15) is 31.8 Å². The normalized spacial score (nSPS) is 11.8. The lowest BCUT2D eigenvalue weighted by atomic mass is 10.0. The molecule has 0 saturated carbocycles. The summed E-state index contributed by atoms with van der Waals surface area (Å²) < 4.78 is 10.5. The Kier molecular flexibility index (Phi) is 12.3. The molecule has 0 aliphatic heterocycles. The van der Waals surface area contributed by atoms with Crippen molar-refractivity contribution >= 4 is 35.0 Å². The average Bonchev–Trinajstić information content (AvgIpc) is 3.20. The summed E-state index contributed by atoms with van der Waals surface area (Å²) in [4.78, 5) is 62.1. The summed E-state index contributed by atoms with van der Waals surface area (Å²) in [5.74, 6) is -0.559. The molecule has 4 aromatic carbocycles. The molecule has 0 saturated heterocycles. The molecule has 0 aliphatic carbocycles. The van der Waals surface area contributed by atoms with Gasteiger partial charge in [-0.1, -0.05) is 60.7 Å². The molecular formula is C41H41N5O6. The number of amides is 4. The first kappa shape index (κ1) is 36.8. The largest absolute Gasteiger partial charge is 0.497 e. The van der Waals surface area contributed by atoms with Crippen LogP contribution >= 0.6 is 0 Å². The molecule has 0 radical (unpaired) electrons. The maximum absolute atomic E-state index is 13.8. The Bertz CT molecular complexity index is 1830. The standard InChI is InChI=1S/C41H41N5O6/c1-45(32-15-19-34(51-3)20-16-32)40(49)36(23-28-11-7-5-8-12-28)43-38(47)30-25-31(27-42-26-30)39(48)44-37(24-29-13-9-6-10-14-29)41(50)46(2)33-17-21-35(52-4)22-18-33/h5-22,25-27,36-37H,23-24H2,1-4H3,(H,43,47)(H,44,48)/t36-,37?/m0/s1. The van der Waals surface area contributed by atoms with E-state index in [1.165, 1.54) is 28.3 Å². The minimum Gasteiger partial charge on any atom is -0.497 e. The predicted octanol–water partition coefficient (Wildman–Crippen LogP) is 5.11. The quantitative estimate of drug-likeness (QED) is 0.165. The Balaban J connectivity index is 1.35. The number of anilines is 2. The van der Waals surface area contributed by atoms with Crippen molar-refractivity contribution in [3.8, 4) is 11.5 Å². The maximum Gasteiger partial charge on any atom is 0.253 e. The van der Waals surface area contributed by atoms with Gasteiger partial charge in [0.05, 0.1) is 25.3 Å². The smallest absolute Gasteiger partial charge is 0.253 e. The molecule has 5 rings (SSSR count). The molecular weight excluding hydrogens is 658 g/mol. The van der Waals surface area contributed by atoms with Crippen molar-refractivity contribution in [3.63, 3.8) is 0 Å². The van der Waals surface area contributed by atoms with Crippen molar-refractivity contribution < 1.29 is 28.7 Å². The number of carbonyl (C=O) groups excluding carboxylic acids is 4. The molecule has 2 N–H and O–H groups in total. The van der Waals surface area contributed by atoms with Gasteiger partial charge in [0.2, 0.25) is 11.8 Å². The fourth-order valence-electron chi connectivity index (χ4n) is 5.60.